The number of fused-ring (bicyclic) bond motifs is 1. The van der Waals surface area contributed by atoms with Crippen LogP contribution in [0.1, 0.15) is 17.5 Å². The Morgan fingerprint density at radius 1 is 0.926 bits per heavy atom. The van der Waals surface area contributed by atoms with Crippen LogP contribution in [0, 0.1) is 0 Å². The van der Waals surface area contributed by atoms with E-state index in [4.69, 9.17) is 9.47 Å². The summed E-state index contributed by atoms with van der Waals surface area (Å²) in [4.78, 5) is 19.1. The fraction of sp³-hybridized carbons (Fsp3) is 0.182. The SMILES string of the molecule is O=C(CCc1ccc2c(c1)OCO2)N(Cc1ccccc1)c1ccccn1. The van der Waals surface area contributed by atoms with Gasteiger partial charge in [-0.3, -0.25) is 9.69 Å². The molecule has 1 aromatic heterocycles. The first-order valence-electron chi connectivity index (χ1n) is 8.93. The number of nitrogens with zero attached hydrogens (tertiary/aromatic N) is 2. The molecule has 0 saturated heterocycles. The van der Waals surface area contributed by atoms with Crippen LogP contribution in [0.3, 0.4) is 0 Å². The number of aromatic nitrogens is 1. The van der Waals surface area contributed by atoms with E-state index >= 15 is 0 Å². The Balaban J connectivity index is 1.48. The number of aryl methyl sites for hydroxylation is 1. The van der Waals surface area contributed by atoms with Crippen LogP contribution in [0.4, 0.5) is 5.82 Å². The first-order chi connectivity index (χ1) is 13.3. The summed E-state index contributed by atoms with van der Waals surface area (Å²) in [6.45, 7) is 0.750. The summed E-state index contributed by atoms with van der Waals surface area (Å²) in [5.41, 5.74) is 2.12. The molecular weight excluding hydrogens is 340 g/mol. The number of carbonyl (C=O) groups is 1. The summed E-state index contributed by atoms with van der Waals surface area (Å²) in [6.07, 6.45) is 2.73. The molecule has 1 amide bonds. The van der Waals surface area contributed by atoms with Gasteiger partial charge in [-0.1, -0.05) is 42.5 Å². The van der Waals surface area contributed by atoms with Crippen LogP contribution in [0.2, 0.25) is 0 Å². The maximum Gasteiger partial charge on any atom is 0.231 e. The number of carbonyl (C=O) groups excluding carboxylic acids is 1. The van der Waals surface area contributed by atoms with Crippen molar-refractivity contribution in [2.75, 3.05) is 11.7 Å². The Bertz CT molecular complexity index is 913. The lowest BCUT2D eigenvalue weighted by molar-refractivity contribution is -0.118. The van der Waals surface area contributed by atoms with Crippen LogP contribution in [0.5, 0.6) is 11.5 Å². The van der Waals surface area contributed by atoms with Gasteiger partial charge in [0.15, 0.2) is 11.5 Å². The van der Waals surface area contributed by atoms with Crippen molar-refractivity contribution in [3.05, 3.63) is 84.1 Å². The number of amides is 1. The molecule has 4 rings (SSSR count). The van der Waals surface area contributed by atoms with Crippen LogP contribution >= 0.6 is 0 Å². The zero-order chi connectivity index (χ0) is 18.5. The second kappa shape index (κ2) is 7.91. The fourth-order valence-corrected chi connectivity index (χ4v) is 3.06. The summed E-state index contributed by atoms with van der Waals surface area (Å²) in [5.74, 6) is 2.20. The lowest BCUT2D eigenvalue weighted by Gasteiger charge is -2.22. The van der Waals surface area contributed by atoms with E-state index in [1.54, 1.807) is 11.1 Å². The van der Waals surface area contributed by atoms with Gasteiger partial charge in [0, 0.05) is 12.6 Å². The molecular formula is C22H20N2O3. The molecule has 0 unspecified atom stereocenters. The van der Waals surface area contributed by atoms with E-state index in [1.165, 1.54) is 0 Å². The van der Waals surface area contributed by atoms with Crippen LogP contribution in [0.25, 0.3) is 0 Å². The number of hydrogen-bond donors (Lipinski definition) is 0. The van der Waals surface area contributed by atoms with Crippen molar-refractivity contribution >= 4 is 11.7 Å². The second-order valence-electron chi connectivity index (χ2n) is 6.34. The van der Waals surface area contributed by atoms with Crippen molar-refractivity contribution in [2.24, 2.45) is 0 Å². The Labute approximate surface area is 158 Å². The molecule has 136 valence electrons. The van der Waals surface area contributed by atoms with Crippen molar-refractivity contribution in [3.63, 3.8) is 0 Å². The fourth-order valence-electron chi connectivity index (χ4n) is 3.06. The Morgan fingerprint density at radius 3 is 2.56 bits per heavy atom. The quantitative estimate of drug-likeness (QED) is 0.667. The highest BCUT2D eigenvalue weighted by Gasteiger charge is 2.18. The molecule has 5 heteroatoms. The predicted molar refractivity (Wildman–Crippen MR) is 103 cm³/mol. The zero-order valence-electron chi connectivity index (χ0n) is 14.9. The predicted octanol–water partition coefficient (Wildman–Crippen LogP) is 3.98. The average molecular weight is 360 g/mol. The summed E-state index contributed by atoms with van der Waals surface area (Å²) < 4.78 is 10.7. The average Bonchev–Trinajstić information content (AvgIpc) is 3.19. The molecule has 2 aromatic carbocycles. The third kappa shape index (κ3) is 4.08. The highest BCUT2D eigenvalue weighted by molar-refractivity contribution is 5.92. The third-order valence-corrected chi connectivity index (χ3v) is 4.47. The Hall–Kier alpha value is -3.34. The molecule has 0 fully saturated rings. The number of benzene rings is 2. The standard InChI is InChI=1S/C22H20N2O3/c25-22(12-10-17-9-11-19-20(14-17)27-16-26-19)24(21-8-4-5-13-23-21)15-18-6-2-1-3-7-18/h1-9,11,13-14H,10,12,15-16H2. The summed E-state index contributed by atoms with van der Waals surface area (Å²) in [5, 5.41) is 0. The number of ether oxygens (including phenoxy) is 2. The van der Waals surface area contributed by atoms with Gasteiger partial charge in [0.2, 0.25) is 12.7 Å². The molecule has 27 heavy (non-hydrogen) atoms. The van der Waals surface area contributed by atoms with Gasteiger partial charge in [0.05, 0.1) is 6.54 Å². The molecule has 5 nitrogen and oxygen atoms in total. The lowest BCUT2D eigenvalue weighted by atomic mass is 10.1. The molecule has 2 heterocycles. The minimum atomic E-state index is 0.0372. The maximum absolute atomic E-state index is 13.0. The van der Waals surface area contributed by atoms with E-state index in [1.807, 2.05) is 66.7 Å². The molecule has 0 saturated carbocycles. The summed E-state index contributed by atoms with van der Waals surface area (Å²) in [7, 11) is 0. The van der Waals surface area contributed by atoms with Gasteiger partial charge in [-0.05, 0) is 41.8 Å². The zero-order valence-corrected chi connectivity index (χ0v) is 14.9. The van der Waals surface area contributed by atoms with Gasteiger partial charge >= 0.3 is 0 Å². The van der Waals surface area contributed by atoms with Crippen molar-refractivity contribution in [1.29, 1.82) is 0 Å². The molecule has 1 aliphatic heterocycles. The van der Waals surface area contributed by atoms with Gasteiger partial charge in [0.25, 0.3) is 0 Å². The number of rotatable bonds is 6. The molecule has 0 atom stereocenters. The van der Waals surface area contributed by atoms with Gasteiger partial charge < -0.3 is 9.47 Å². The monoisotopic (exact) mass is 360 g/mol. The van der Waals surface area contributed by atoms with Gasteiger partial charge in [-0.15, -0.1) is 0 Å². The largest absolute Gasteiger partial charge is 0.454 e. The smallest absolute Gasteiger partial charge is 0.231 e. The van der Waals surface area contributed by atoms with E-state index < -0.39 is 0 Å². The van der Waals surface area contributed by atoms with Crippen LogP contribution in [-0.2, 0) is 17.8 Å². The molecule has 0 radical (unpaired) electrons. The first-order valence-corrected chi connectivity index (χ1v) is 8.93. The number of pyridine rings is 1. The first kappa shape index (κ1) is 17.1. The van der Waals surface area contributed by atoms with E-state index in [2.05, 4.69) is 4.98 Å². The number of hydrogen-bond acceptors (Lipinski definition) is 4. The van der Waals surface area contributed by atoms with Crippen LogP contribution in [-0.4, -0.2) is 17.7 Å². The van der Waals surface area contributed by atoms with E-state index in [0.29, 0.717) is 25.2 Å². The summed E-state index contributed by atoms with van der Waals surface area (Å²) >= 11 is 0. The van der Waals surface area contributed by atoms with Gasteiger partial charge in [-0.2, -0.15) is 0 Å². The maximum atomic E-state index is 13.0. The molecule has 1 aliphatic rings. The Kier molecular flexibility index (Phi) is 5.01. The van der Waals surface area contributed by atoms with E-state index in [-0.39, 0.29) is 12.7 Å². The van der Waals surface area contributed by atoms with Crippen molar-refractivity contribution in [1.82, 2.24) is 4.98 Å². The highest BCUT2D eigenvalue weighted by Crippen LogP contribution is 2.32. The van der Waals surface area contributed by atoms with E-state index in [9.17, 15) is 4.79 Å². The topological polar surface area (TPSA) is 51.7 Å². The summed E-state index contributed by atoms with van der Waals surface area (Å²) in [6, 6.07) is 21.4. The molecule has 3 aromatic rings. The van der Waals surface area contributed by atoms with Gasteiger partial charge in [-0.25, -0.2) is 4.98 Å². The third-order valence-electron chi connectivity index (χ3n) is 4.47. The van der Waals surface area contributed by atoms with Crippen LogP contribution < -0.4 is 14.4 Å². The molecule has 0 spiro atoms. The van der Waals surface area contributed by atoms with Crippen molar-refractivity contribution in [3.8, 4) is 11.5 Å². The second-order valence-corrected chi connectivity index (χ2v) is 6.34. The van der Waals surface area contributed by atoms with E-state index in [0.717, 1.165) is 22.6 Å². The number of anilines is 1. The molecule has 0 aliphatic carbocycles. The highest BCUT2D eigenvalue weighted by atomic mass is 16.7. The van der Waals surface area contributed by atoms with Crippen molar-refractivity contribution in [2.45, 2.75) is 19.4 Å². The lowest BCUT2D eigenvalue weighted by Crippen LogP contribution is -2.31. The minimum absolute atomic E-state index is 0.0372. The Morgan fingerprint density at radius 2 is 1.74 bits per heavy atom. The molecule has 0 bridgehead atoms. The minimum Gasteiger partial charge on any atom is -0.454 e. The van der Waals surface area contributed by atoms with Crippen LogP contribution in [0.15, 0.2) is 72.9 Å². The van der Waals surface area contributed by atoms with Crippen molar-refractivity contribution < 1.29 is 14.3 Å². The van der Waals surface area contributed by atoms with Gasteiger partial charge in [0.1, 0.15) is 5.82 Å². The normalized spacial score (nSPS) is 12.0. The molecule has 0 N–H and O–H groups in total.